The highest BCUT2D eigenvalue weighted by atomic mass is 16.1. The zero-order valence-corrected chi connectivity index (χ0v) is 10.4. The van der Waals surface area contributed by atoms with Crippen molar-refractivity contribution in [3.05, 3.63) is 53.3 Å². The van der Waals surface area contributed by atoms with Crippen LogP contribution in [-0.4, -0.2) is 10.9 Å². The van der Waals surface area contributed by atoms with Crippen LogP contribution in [0.25, 0.3) is 0 Å². The Morgan fingerprint density at radius 3 is 2.67 bits per heavy atom. The summed E-state index contributed by atoms with van der Waals surface area (Å²) in [6, 6.07) is 9.04. The highest BCUT2D eigenvalue weighted by Crippen LogP contribution is 2.18. The summed E-state index contributed by atoms with van der Waals surface area (Å²) >= 11 is 0. The molecular formula is C14H15N3O. The van der Waals surface area contributed by atoms with Crippen LogP contribution >= 0.6 is 0 Å². The number of pyridine rings is 1. The zero-order valence-electron chi connectivity index (χ0n) is 10.4. The van der Waals surface area contributed by atoms with Gasteiger partial charge in [0, 0.05) is 17.6 Å². The van der Waals surface area contributed by atoms with Crippen LogP contribution in [0.5, 0.6) is 0 Å². The third-order valence-corrected chi connectivity index (χ3v) is 2.72. The number of hydrogen-bond acceptors (Lipinski definition) is 3. The fraction of sp³-hybridized carbons (Fsp3) is 0.143. The van der Waals surface area contributed by atoms with Gasteiger partial charge in [-0.15, -0.1) is 0 Å². The molecule has 92 valence electrons. The van der Waals surface area contributed by atoms with Crippen molar-refractivity contribution < 1.29 is 4.79 Å². The van der Waals surface area contributed by atoms with E-state index in [0.29, 0.717) is 11.4 Å². The van der Waals surface area contributed by atoms with E-state index < -0.39 is 0 Å². The fourth-order valence-corrected chi connectivity index (χ4v) is 1.73. The Morgan fingerprint density at radius 1 is 1.22 bits per heavy atom. The molecule has 0 unspecified atom stereocenters. The molecule has 2 rings (SSSR count). The second-order valence-corrected chi connectivity index (χ2v) is 4.20. The molecule has 0 bridgehead atoms. The Kier molecular flexibility index (Phi) is 3.28. The van der Waals surface area contributed by atoms with Gasteiger partial charge in [-0.1, -0.05) is 6.07 Å². The molecule has 0 aliphatic carbocycles. The average Bonchev–Trinajstić information content (AvgIpc) is 2.33. The second-order valence-electron chi connectivity index (χ2n) is 4.20. The monoisotopic (exact) mass is 241 g/mol. The van der Waals surface area contributed by atoms with Gasteiger partial charge in [0.1, 0.15) is 5.69 Å². The predicted octanol–water partition coefficient (Wildman–Crippen LogP) is 2.53. The maximum atomic E-state index is 12.1. The number of hydrogen-bond donors (Lipinski definition) is 2. The summed E-state index contributed by atoms with van der Waals surface area (Å²) in [5.74, 6) is -0.207. The van der Waals surface area contributed by atoms with E-state index in [1.807, 2.05) is 26.0 Å². The molecule has 1 aromatic carbocycles. The first-order valence-corrected chi connectivity index (χ1v) is 5.67. The summed E-state index contributed by atoms with van der Waals surface area (Å²) in [5.41, 5.74) is 9.31. The highest BCUT2D eigenvalue weighted by Gasteiger charge is 2.11. The quantitative estimate of drug-likeness (QED) is 0.794. The van der Waals surface area contributed by atoms with Gasteiger partial charge < -0.3 is 11.1 Å². The van der Waals surface area contributed by atoms with Crippen LogP contribution in [0.2, 0.25) is 0 Å². The lowest BCUT2D eigenvalue weighted by molar-refractivity contribution is 0.102. The SMILES string of the molecule is Cc1cc(N)ccc1NC(=O)c1ncccc1C. The first-order chi connectivity index (χ1) is 8.58. The van der Waals surface area contributed by atoms with Crippen LogP contribution in [0.3, 0.4) is 0 Å². The molecule has 0 aliphatic heterocycles. The minimum absolute atomic E-state index is 0.207. The number of nitrogens with zero attached hydrogens (tertiary/aromatic N) is 1. The van der Waals surface area contributed by atoms with E-state index in [-0.39, 0.29) is 5.91 Å². The van der Waals surface area contributed by atoms with Crippen LogP contribution in [-0.2, 0) is 0 Å². The zero-order chi connectivity index (χ0) is 13.1. The normalized spacial score (nSPS) is 10.1. The Balaban J connectivity index is 2.24. The first kappa shape index (κ1) is 12.1. The minimum Gasteiger partial charge on any atom is -0.399 e. The summed E-state index contributed by atoms with van der Waals surface area (Å²) in [5, 5.41) is 2.84. The largest absolute Gasteiger partial charge is 0.399 e. The molecule has 4 nitrogen and oxygen atoms in total. The molecule has 0 spiro atoms. The van der Waals surface area contributed by atoms with Crippen molar-refractivity contribution in [3.8, 4) is 0 Å². The molecule has 0 saturated heterocycles. The number of carbonyl (C=O) groups is 1. The second kappa shape index (κ2) is 4.87. The van der Waals surface area contributed by atoms with E-state index in [1.165, 1.54) is 0 Å². The highest BCUT2D eigenvalue weighted by molar-refractivity contribution is 6.04. The van der Waals surface area contributed by atoms with Gasteiger partial charge >= 0.3 is 0 Å². The Labute approximate surface area is 106 Å². The molecule has 2 aromatic rings. The number of anilines is 2. The first-order valence-electron chi connectivity index (χ1n) is 5.67. The lowest BCUT2D eigenvalue weighted by atomic mass is 10.1. The van der Waals surface area contributed by atoms with E-state index in [0.717, 1.165) is 16.8 Å². The fourth-order valence-electron chi connectivity index (χ4n) is 1.73. The maximum Gasteiger partial charge on any atom is 0.274 e. The third kappa shape index (κ3) is 2.48. The maximum absolute atomic E-state index is 12.1. The van der Waals surface area contributed by atoms with E-state index in [9.17, 15) is 4.79 Å². The van der Waals surface area contributed by atoms with Gasteiger partial charge in [0.2, 0.25) is 0 Å². The topological polar surface area (TPSA) is 68.0 Å². The lowest BCUT2D eigenvalue weighted by Crippen LogP contribution is -2.15. The molecular weight excluding hydrogens is 226 g/mol. The van der Waals surface area contributed by atoms with Crippen molar-refractivity contribution in [3.63, 3.8) is 0 Å². The molecule has 3 N–H and O–H groups in total. The number of rotatable bonds is 2. The summed E-state index contributed by atoms with van der Waals surface area (Å²) in [6.07, 6.45) is 1.61. The third-order valence-electron chi connectivity index (χ3n) is 2.72. The number of aromatic nitrogens is 1. The van der Waals surface area contributed by atoms with Crippen molar-refractivity contribution in [2.24, 2.45) is 0 Å². The number of aryl methyl sites for hydroxylation is 2. The number of carbonyl (C=O) groups excluding carboxylic acids is 1. The van der Waals surface area contributed by atoms with Crippen LogP contribution in [0, 0.1) is 13.8 Å². The minimum atomic E-state index is -0.207. The van der Waals surface area contributed by atoms with E-state index in [2.05, 4.69) is 10.3 Å². The number of amides is 1. The van der Waals surface area contributed by atoms with Crippen LogP contribution in [0.4, 0.5) is 11.4 Å². The van der Waals surface area contributed by atoms with E-state index in [4.69, 9.17) is 5.73 Å². The molecule has 18 heavy (non-hydrogen) atoms. The Hall–Kier alpha value is -2.36. The molecule has 1 heterocycles. The van der Waals surface area contributed by atoms with Gasteiger partial charge in [0.25, 0.3) is 5.91 Å². The van der Waals surface area contributed by atoms with Gasteiger partial charge in [-0.3, -0.25) is 9.78 Å². The summed E-state index contributed by atoms with van der Waals surface area (Å²) in [6.45, 7) is 3.76. The number of benzene rings is 1. The molecule has 0 fully saturated rings. The van der Waals surface area contributed by atoms with Crippen molar-refractivity contribution in [2.75, 3.05) is 11.1 Å². The molecule has 4 heteroatoms. The van der Waals surface area contributed by atoms with Crippen LogP contribution in [0.1, 0.15) is 21.6 Å². The van der Waals surface area contributed by atoms with Crippen molar-refractivity contribution in [1.29, 1.82) is 0 Å². The van der Waals surface area contributed by atoms with Crippen LogP contribution < -0.4 is 11.1 Å². The van der Waals surface area contributed by atoms with Crippen LogP contribution in [0.15, 0.2) is 36.5 Å². The van der Waals surface area contributed by atoms with Gasteiger partial charge in [-0.25, -0.2) is 0 Å². The average molecular weight is 241 g/mol. The Morgan fingerprint density at radius 2 is 2.00 bits per heavy atom. The molecule has 1 aromatic heterocycles. The van der Waals surface area contributed by atoms with Gasteiger partial charge in [0.05, 0.1) is 0 Å². The van der Waals surface area contributed by atoms with Crippen molar-refractivity contribution >= 4 is 17.3 Å². The number of nitrogen functional groups attached to an aromatic ring is 1. The number of nitrogens with one attached hydrogen (secondary N) is 1. The molecule has 0 aliphatic rings. The summed E-state index contributed by atoms with van der Waals surface area (Å²) in [7, 11) is 0. The van der Waals surface area contributed by atoms with E-state index in [1.54, 1.807) is 24.4 Å². The molecule has 0 atom stereocenters. The lowest BCUT2D eigenvalue weighted by Gasteiger charge is -2.09. The smallest absolute Gasteiger partial charge is 0.274 e. The summed E-state index contributed by atoms with van der Waals surface area (Å²) in [4.78, 5) is 16.2. The standard InChI is InChI=1S/C14H15N3O/c1-9-4-3-7-16-13(9)14(18)17-12-6-5-11(15)8-10(12)2/h3-8H,15H2,1-2H3,(H,17,18). The Bertz CT molecular complexity index is 593. The van der Waals surface area contributed by atoms with Gasteiger partial charge in [-0.05, 0) is 49.2 Å². The molecule has 0 saturated carbocycles. The number of nitrogens with two attached hydrogens (primary N) is 1. The van der Waals surface area contributed by atoms with Crippen molar-refractivity contribution in [2.45, 2.75) is 13.8 Å². The summed E-state index contributed by atoms with van der Waals surface area (Å²) < 4.78 is 0. The predicted molar refractivity (Wildman–Crippen MR) is 72.5 cm³/mol. The van der Waals surface area contributed by atoms with E-state index >= 15 is 0 Å². The van der Waals surface area contributed by atoms with Gasteiger partial charge in [-0.2, -0.15) is 0 Å². The molecule has 0 radical (unpaired) electrons. The van der Waals surface area contributed by atoms with Gasteiger partial charge in [0.15, 0.2) is 0 Å². The molecule has 1 amide bonds. The van der Waals surface area contributed by atoms with Crippen molar-refractivity contribution in [1.82, 2.24) is 4.98 Å².